The van der Waals surface area contributed by atoms with Gasteiger partial charge in [-0.05, 0) is 38.1 Å². The van der Waals surface area contributed by atoms with E-state index in [0.29, 0.717) is 6.61 Å². The van der Waals surface area contributed by atoms with Gasteiger partial charge in [0.05, 0.1) is 24.7 Å². The molecule has 4 rings (SSSR count). The minimum Gasteiger partial charge on any atom is -0.493 e. The lowest BCUT2D eigenvalue weighted by Gasteiger charge is -2.36. The highest BCUT2D eigenvalue weighted by atomic mass is 16.5. The van der Waals surface area contributed by atoms with Gasteiger partial charge in [0.1, 0.15) is 11.6 Å². The van der Waals surface area contributed by atoms with Gasteiger partial charge in [-0.25, -0.2) is 4.98 Å². The minimum absolute atomic E-state index is 0.630. The molecule has 5 heteroatoms. The molecular weight excluding hydrogens is 348 g/mol. The van der Waals surface area contributed by atoms with Crippen LogP contribution < -0.4 is 14.5 Å². The van der Waals surface area contributed by atoms with Gasteiger partial charge in [0.15, 0.2) is 0 Å². The maximum atomic E-state index is 5.76. The summed E-state index contributed by atoms with van der Waals surface area (Å²) in [4.78, 5) is 14.1. The van der Waals surface area contributed by atoms with Crippen molar-refractivity contribution >= 4 is 11.5 Å². The number of anilines is 2. The van der Waals surface area contributed by atoms with Crippen LogP contribution in [0.5, 0.6) is 5.75 Å². The molecule has 0 spiro atoms. The number of nitrogens with zero attached hydrogens (tertiary/aromatic N) is 4. The second kappa shape index (κ2) is 8.30. The van der Waals surface area contributed by atoms with Crippen molar-refractivity contribution in [2.75, 3.05) is 42.6 Å². The molecule has 0 bridgehead atoms. The van der Waals surface area contributed by atoms with E-state index in [1.807, 2.05) is 43.6 Å². The molecule has 0 N–H and O–H groups in total. The van der Waals surface area contributed by atoms with Crippen molar-refractivity contribution in [1.82, 2.24) is 9.97 Å². The third-order valence-electron chi connectivity index (χ3n) is 5.09. The van der Waals surface area contributed by atoms with E-state index in [1.165, 1.54) is 11.3 Å². The van der Waals surface area contributed by atoms with Crippen molar-refractivity contribution in [2.45, 2.75) is 13.8 Å². The van der Waals surface area contributed by atoms with Crippen molar-refractivity contribution in [1.29, 1.82) is 0 Å². The molecule has 5 nitrogen and oxygen atoms in total. The summed E-state index contributed by atoms with van der Waals surface area (Å²) in [5, 5.41) is 0. The number of para-hydroxylation sites is 1. The van der Waals surface area contributed by atoms with Crippen LogP contribution in [0.25, 0.3) is 11.3 Å². The first kappa shape index (κ1) is 18.3. The number of hydrogen-bond acceptors (Lipinski definition) is 5. The summed E-state index contributed by atoms with van der Waals surface area (Å²) in [6, 6.07) is 16.8. The molecule has 1 saturated heterocycles. The molecule has 0 aliphatic carbocycles. The van der Waals surface area contributed by atoms with Gasteiger partial charge < -0.3 is 14.5 Å². The Morgan fingerprint density at radius 2 is 1.61 bits per heavy atom. The molecule has 28 heavy (non-hydrogen) atoms. The van der Waals surface area contributed by atoms with E-state index in [9.17, 15) is 0 Å². The van der Waals surface area contributed by atoms with Gasteiger partial charge >= 0.3 is 0 Å². The molecule has 144 valence electrons. The second-order valence-corrected chi connectivity index (χ2v) is 7.00. The number of aromatic nitrogens is 2. The SMILES string of the molecule is CCOc1ccccc1-c1cncc(N2CCN(c3ccc(C)cc3)CC2)n1. The van der Waals surface area contributed by atoms with Crippen LogP contribution in [0.1, 0.15) is 12.5 Å². The molecule has 1 aromatic heterocycles. The zero-order chi connectivity index (χ0) is 19.3. The summed E-state index contributed by atoms with van der Waals surface area (Å²) in [6.45, 7) is 8.56. The van der Waals surface area contributed by atoms with Gasteiger partial charge in [0.2, 0.25) is 0 Å². The van der Waals surface area contributed by atoms with Gasteiger partial charge in [-0.3, -0.25) is 4.98 Å². The van der Waals surface area contributed by atoms with Crippen LogP contribution >= 0.6 is 0 Å². The fraction of sp³-hybridized carbons (Fsp3) is 0.304. The Hall–Kier alpha value is -3.08. The molecule has 0 unspecified atom stereocenters. The Morgan fingerprint density at radius 3 is 2.36 bits per heavy atom. The third-order valence-corrected chi connectivity index (χ3v) is 5.09. The number of rotatable bonds is 5. The van der Waals surface area contributed by atoms with Crippen molar-refractivity contribution < 1.29 is 4.74 Å². The van der Waals surface area contributed by atoms with Crippen LogP contribution in [0, 0.1) is 6.92 Å². The zero-order valence-corrected chi connectivity index (χ0v) is 16.5. The quantitative estimate of drug-likeness (QED) is 0.670. The molecule has 0 saturated carbocycles. The maximum Gasteiger partial charge on any atom is 0.147 e. The number of ether oxygens (including phenoxy) is 1. The van der Waals surface area contributed by atoms with Gasteiger partial charge in [-0.2, -0.15) is 0 Å². The predicted molar refractivity (Wildman–Crippen MR) is 114 cm³/mol. The summed E-state index contributed by atoms with van der Waals surface area (Å²) >= 11 is 0. The number of benzene rings is 2. The third kappa shape index (κ3) is 3.93. The van der Waals surface area contributed by atoms with Crippen molar-refractivity contribution in [2.24, 2.45) is 0 Å². The molecule has 0 atom stereocenters. The van der Waals surface area contributed by atoms with E-state index < -0.39 is 0 Å². The fourth-order valence-corrected chi connectivity index (χ4v) is 3.55. The van der Waals surface area contributed by atoms with E-state index in [2.05, 4.69) is 46.0 Å². The first-order valence-corrected chi connectivity index (χ1v) is 9.85. The lowest BCUT2D eigenvalue weighted by Crippen LogP contribution is -2.46. The molecule has 0 radical (unpaired) electrons. The van der Waals surface area contributed by atoms with Gasteiger partial charge in [0, 0.05) is 37.4 Å². The predicted octanol–water partition coefficient (Wildman–Crippen LogP) is 4.18. The van der Waals surface area contributed by atoms with Gasteiger partial charge in [-0.1, -0.05) is 29.8 Å². The van der Waals surface area contributed by atoms with Crippen molar-refractivity contribution in [3.8, 4) is 17.0 Å². The molecule has 1 fully saturated rings. The summed E-state index contributed by atoms with van der Waals surface area (Å²) in [6.07, 6.45) is 3.66. The van der Waals surface area contributed by atoms with E-state index in [1.54, 1.807) is 0 Å². The second-order valence-electron chi connectivity index (χ2n) is 7.00. The molecule has 2 heterocycles. The topological polar surface area (TPSA) is 41.5 Å². The van der Waals surface area contributed by atoms with Gasteiger partial charge in [-0.15, -0.1) is 0 Å². The molecular formula is C23H26N4O. The monoisotopic (exact) mass is 374 g/mol. The Labute approximate surface area is 166 Å². The largest absolute Gasteiger partial charge is 0.493 e. The summed E-state index contributed by atoms with van der Waals surface area (Å²) < 4.78 is 5.76. The van der Waals surface area contributed by atoms with E-state index in [4.69, 9.17) is 9.72 Å². The molecule has 0 amide bonds. The van der Waals surface area contributed by atoms with Gasteiger partial charge in [0.25, 0.3) is 0 Å². The Morgan fingerprint density at radius 1 is 0.893 bits per heavy atom. The number of piperazine rings is 1. The first-order valence-electron chi connectivity index (χ1n) is 9.85. The van der Waals surface area contributed by atoms with Crippen molar-refractivity contribution in [3.63, 3.8) is 0 Å². The average molecular weight is 374 g/mol. The normalized spacial score (nSPS) is 14.2. The van der Waals surface area contributed by atoms with Crippen LogP contribution in [0.2, 0.25) is 0 Å². The average Bonchev–Trinajstić information content (AvgIpc) is 2.75. The van der Waals surface area contributed by atoms with E-state index >= 15 is 0 Å². The molecule has 2 aromatic carbocycles. The maximum absolute atomic E-state index is 5.76. The molecule has 1 aliphatic rings. The summed E-state index contributed by atoms with van der Waals surface area (Å²) in [5.74, 6) is 1.77. The lowest BCUT2D eigenvalue weighted by atomic mass is 10.1. The first-order chi connectivity index (χ1) is 13.7. The van der Waals surface area contributed by atoms with E-state index in [-0.39, 0.29) is 0 Å². The smallest absolute Gasteiger partial charge is 0.147 e. The van der Waals surface area contributed by atoms with Crippen molar-refractivity contribution in [3.05, 3.63) is 66.5 Å². The van der Waals surface area contributed by atoms with Crippen LogP contribution in [0.3, 0.4) is 0 Å². The van der Waals surface area contributed by atoms with Crippen LogP contribution in [0.15, 0.2) is 60.9 Å². The summed E-state index contributed by atoms with van der Waals surface area (Å²) in [5.41, 5.74) is 4.41. The highest BCUT2D eigenvalue weighted by Crippen LogP contribution is 2.29. The number of aryl methyl sites for hydroxylation is 1. The van der Waals surface area contributed by atoms with Crippen LogP contribution in [0.4, 0.5) is 11.5 Å². The highest BCUT2D eigenvalue weighted by molar-refractivity contribution is 5.67. The highest BCUT2D eigenvalue weighted by Gasteiger charge is 2.19. The lowest BCUT2D eigenvalue weighted by molar-refractivity contribution is 0.341. The number of hydrogen-bond donors (Lipinski definition) is 0. The van der Waals surface area contributed by atoms with Crippen LogP contribution in [-0.4, -0.2) is 42.8 Å². The summed E-state index contributed by atoms with van der Waals surface area (Å²) in [7, 11) is 0. The Kier molecular flexibility index (Phi) is 5.42. The minimum atomic E-state index is 0.630. The molecule has 1 aliphatic heterocycles. The molecule has 3 aromatic rings. The Bertz CT molecular complexity index is 918. The van der Waals surface area contributed by atoms with Crippen LogP contribution in [-0.2, 0) is 0 Å². The Balaban J connectivity index is 1.49. The zero-order valence-electron chi connectivity index (χ0n) is 16.5. The van der Waals surface area contributed by atoms with E-state index in [0.717, 1.165) is 49.0 Å². The standard InChI is InChI=1S/C23H26N4O/c1-3-28-22-7-5-4-6-20(22)21-16-24-17-23(25-21)27-14-12-26(13-15-27)19-10-8-18(2)9-11-19/h4-11,16-17H,3,12-15H2,1-2H3. The fourth-order valence-electron chi connectivity index (χ4n) is 3.55.